The first-order valence-corrected chi connectivity index (χ1v) is 9.02. The van der Waals surface area contributed by atoms with Gasteiger partial charge in [-0.1, -0.05) is 23.4 Å². The zero-order chi connectivity index (χ0) is 17.3. The highest BCUT2D eigenvalue weighted by molar-refractivity contribution is 7.99. The minimum atomic E-state index is -0.129. The molecular formula is C16H19ClN4O2S. The van der Waals surface area contributed by atoms with E-state index in [9.17, 15) is 4.79 Å². The first-order chi connectivity index (χ1) is 11.5. The van der Waals surface area contributed by atoms with Crippen LogP contribution >= 0.6 is 23.4 Å². The molecule has 0 unspecified atom stereocenters. The van der Waals surface area contributed by atoms with Crippen LogP contribution in [0.3, 0.4) is 0 Å². The maximum Gasteiger partial charge on any atom is 0.234 e. The summed E-state index contributed by atoms with van der Waals surface area (Å²) in [5.74, 6) is 2.20. The molecule has 0 bridgehead atoms. The molecule has 1 aliphatic carbocycles. The van der Waals surface area contributed by atoms with Crippen LogP contribution in [0.15, 0.2) is 17.3 Å². The molecule has 1 heterocycles. The van der Waals surface area contributed by atoms with Crippen molar-refractivity contribution in [3.8, 4) is 5.75 Å². The highest BCUT2D eigenvalue weighted by Gasteiger charge is 2.29. The Morgan fingerprint density at radius 1 is 1.46 bits per heavy atom. The molecule has 1 amide bonds. The van der Waals surface area contributed by atoms with Crippen molar-refractivity contribution in [1.82, 2.24) is 14.8 Å². The fourth-order valence-corrected chi connectivity index (χ4v) is 3.27. The number of aryl methyl sites for hydroxylation is 1. The molecular weight excluding hydrogens is 348 g/mol. The van der Waals surface area contributed by atoms with E-state index in [1.54, 1.807) is 19.2 Å². The van der Waals surface area contributed by atoms with Gasteiger partial charge in [-0.3, -0.25) is 4.79 Å². The van der Waals surface area contributed by atoms with Crippen molar-refractivity contribution in [2.45, 2.75) is 30.8 Å². The Labute approximate surface area is 149 Å². The molecule has 0 saturated heterocycles. The van der Waals surface area contributed by atoms with E-state index in [4.69, 9.17) is 16.3 Å². The first kappa shape index (κ1) is 17.1. The van der Waals surface area contributed by atoms with Gasteiger partial charge in [-0.15, -0.1) is 10.2 Å². The molecule has 0 atom stereocenters. The number of rotatable bonds is 6. The maximum absolute atomic E-state index is 12.2. The number of halogens is 1. The number of amides is 1. The van der Waals surface area contributed by atoms with Gasteiger partial charge in [0.1, 0.15) is 11.6 Å². The zero-order valence-electron chi connectivity index (χ0n) is 13.8. The largest absolute Gasteiger partial charge is 0.495 e. The van der Waals surface area contributed by atoms with Crippen molar-refractivity contribution >= 4 is 35.0 Å². The van der Waals surface area contributed by atoms with Crippen molar-refractivity contribution in [1.29, 1.82) is 0 Å². The average molecular weight is 367 g/mol. The summed E-state index contributed by atoms with van der Waals surface area (Å²) in [7, 11) is 3.49. The summed E-state index contributed by atoms with van der Waals surface area (Å²) in [6, 6.07) is 3.50. The minimum Gasteiger partial charge on any atom is -0.495 e. The van der Waals surface area contributed by atoms with Crippen molar-refractivity contribution in [3.05, 3.63) is 28.5 Å². The summed E-state index contributed by atoms with van der Waals surface area (Å²) < 4.78 is 7.24. The second-order valence-electron chi connectivity index (χ2n) is 5.81. The lowest BCUT2D eigenvalue weighted by Crippen LogP contribution is -2.15. The number of carbonyl (C=O) groups is 1. The van der Waals surface area contributed by atoms with Crippen LogP contribution in [0.1, 0.15) is 30.1 Å². The molecule has 1 saturated carbocycles. The van der Waals surface area contributed by atoms with E-state index >= 15 is 0 Å². The Hall–Kier alpha value is -1.73. The lowest BCUT2D eigenvalue weighted by atomic mass is 10.2. The predicted molar refractivity (Wildman–Crippen MR) is 95.1 cm³/mol. The Morgan fingerprint density at radius 2 is 2.21 bits per heavy atom. The van der Waals surface area contributed by atoms with E-state index in [-0.39, 0.29) is 11.7 Å². The molecule has 128 valence electrons. The summed E-state index contributed by atoms with van der Waals surface area (Å²) in [5, 5.41) is 12.6. The highest BCUT2D eigenvalue weighted by atomic mass is 35.5. The normalized spacial score (nSPS) is 13.8. The second-order valence-corrected chi connectivity index (χ2v) is 7.16. The maximum atomic E-state index is 12.2. The van der Waals surface area contributed by atoms with E-state index in [2.05, 4.69) is 15.5 Å². The third-order valence-electron chi connectivity index (χ3n) is 3.90. The molecule has 1 aliphatic rings. The van der Waals surface area contributed by atoms with Crippen molar-refractivity contribution in [3.63, 3.8) is 0 Å². The van der Waals surface area contributed by atoms with Gasteiger partial charge in [-0.05, 0) is 31.4 Å². The molecule has 0 aliphatic heterocycles. The van der Waals surface area contributed by atoms with Crippen LogP contribution in [0.4, 0.5) is 5.69 Å². The molecule has 2 aromatic rings. The second kappa shape index (κ2) is 7.03. The lowest BCUT2D eigenvalue weighted by Gasteiger charge is -2.12. The monoisotopic (exact) mass is 366 g/mol. The van der Waals surface area contributed by atoms with E-state index in [0.29, 0.717) is 22.4 Å². The quantitative estimate of drug-likeness (QED) is 0.793. The summed E-state index contributed by atoms with van der Waals surface area (Å²) in [5.41, 5.74) is 1.49. The molecule has 1 aromatic carbocycles. The summed E-state index contributed by atoms with van der Waals surface area (Å²) >= 11 is 7.45. The number of carbonyl (C=O) groups excluding carboxylic acids is 1. The van der Waals surface area contributed by atoms with Crippen LogP contribution in [0.25, 0.3) is 0 Å². The number of aromatic nitrogens is 3. The van der Waals surface area contributed by atoms with Gasteiger partial charge in [0, 0.05) is 24.1 Å². The van der Waals surface area contributed by atoms with Crippen molar-refractivity contribution in [2.75, 3.05) is 18.2 Å². The van der Waals surface area contributed by atoms with Gasteiger partial charge in [0.25, 0.3) is 0 Å². The van der Waals surface area contributed by atoms with E-state index in [1.807, 2.05) is 18.5 Å². The number of benzene rings is 1. The molecule has 1 N–H and O–H groups in total. The Bertz CT molecular complexity index is 774. The number of ether oxygens (including phenoxy) is 1. The number of nitrogens with one attached hydrogen (secondary N) is 1. The number of nitrogens with zero attached hydrogens (tertiary/aromatic N) is 3. The van der Waals surface area contributed by atoms with E-state index < -0.39 is 0 Å². The van der Waals surface area contributed by atoms with Crippen LogP contribution in [0.2, 0.25) is 5.02 Å². The molecule has 6 nitrogen and oxygen atoms in total. The Morgan fingerprint density at radius 3 is 2.88 bits per heavy atom. The van der Waals surface area contributed by atoms with Gasteiger partial charge >= 0.3 is 0 Å². The molecule has 0 radical (unpaired) electrons. The predicted octanol–water partition coefficient (Wildman–Crippen LogP) is 3.39. The standard InChI is InChI=1S/C16H19ClN4O2S/c1-9-6-12(13(23-3)7-11(9)17)18-14(22)8-24-16-20-19-15(21(16)2)10-4-5-10/h6-7,10H,4-5,8H2,1-3H3,(H,18,22). The highest BCUT2D eigenvalue weighted by Crippen LogP contribution is 2.39. The third kappa shape index (κ3) is 3.67. The molecule has 0 spiro atoms. The van der Waals surface area contributed by atoms with Crippen LogP contribution in [0.5, 0.6) is 5.75 Å². The number of hydrogen-bond donors (Lipinski definition) is 1. The minimum absolute atomic E-state index is 0.129. The molecule has 1 aromatic heterocycles. The van der Waals surface area contributed by atoms with E-state index in [0.717, 1.165) is 16.5 Å². The van der Waals surface area contributed by atoms with Gasteiger partial charge in [0.2, 0.25) is 5.91 Å². The first-order valence-electron chi connectivity index (χ1n) is 7.65. The summed E-state index contributed by atoms with van der Waals surface area (Å²) in [6.07, 6.45) is 2.35. The molecule has 8 heteroatoms. The van der Waals surface area contributed by atoms with Gasteiger partial charge in [0.15, 0.2) is 5.16 Å². The Kier molecular flexibility index (Phi) is 5.01. The number of anilines is 1. The number of hydrogen-bond acceptors (Lipinski definition) is 5. The third-order valence-corrected chi connectivity index (χ3v) is 5.33. The van der Waals surface area contributed by atoms with Crippen LogP contribution < -0.4 is 10.1 Å². The molecule has 1 fully saturated rings. The fraction of sp³-hybridized carbons (Fsp3) is 0.438. The average Bonchev–Trinajstić information content (AvgIpc) is 3.32. The van der Waals surface area contributed by atoms with E-state index in [1.165, 1.54) is 24.6 Å². The topological polar surface area (TPSA) is 69.0 Å². The smallest absolute Gasteiger partial charge is 0.234 e. The van der Waals surface area contributed by atoms with Crippen molar-refractivity contribution in [2.24, 2.45) is 7.05 Å². The SMILES string of the molecule is COc1cc(Cl)c(C)cc1NC(=O)CSc1nnc(C2CC2)n1C. The van der Waals surface area contributed by atoms with Gasteiger partial charge in [-0.2, -0.15) is 0 Å². The number of methoxy groups -OCH3 is 1. The lowest BCUT2D eigenvalue weighted by molar-refractivity contribution is -0.113. The van der Waals surface area contributed by atoms with Crippen LogP contribution in [-0.2, 0) is 11.8 Å². The summed E-state index contributed by atoms with van der Waals surface area (Å²) in [6.45, 7) is 1.88. The van der Waals surface area contributed by atoms with Crippen LogP contribution in [-0.4, -0.2) is 33.5 Å². The molecule has 24 heavy (non-hydrogen) atoms. The van der Waals surface area contributed by atoms with Crippen molar-refractivity contribution < 1.29 is 9.53 Å². The summed E-state index contributed by atoms with van der Waals surface area (Å²) in [4.78, 5) is 12.2. The van der Waals surface area contributed by atoms with Crippen LogP contribution in [0, 0.1) is 6.92 Å². The molecule has 3 rings (SSSR count). The Balaban J connectivity index is 1.63. The number of thioether (sulfide) groups is 1. The van der Waals surface area contributed by atoms with Gasteiger partial charge in [-0.25, -0.2) is 0 Å². The zero-order valence-corrected chi connectivity index (χ0v) is 15.4. The van der Waals surface area contributed by atoms with Gasteiger partial charge in [0.05, 0.1) is 18.6 Å². The van der Waals surface area contributed by atoms with Gasteiger partial charge < -0.3 is 14.6 Å². The fourth-order valence-electron chi connectivity index (χ4n) is 2.40.